The summed E-state index contributed by atoms with van der Waals surface area (Å²) in [5.74, 6) is -0.332. The summed E-state index contributed by atoms with van der Waals surface area (Å²) in [5.41, 5.74) is 0.814. The molecule has 4 heteroatoms. The van der Waals surface area contributed by atoms with Crippen LogP contribution in [-0.4, -0.2) is 25.2 Å². The fraction of sp³-hybridized carbons (Fsp3) is 0.364. The van der Waals surface area contributed by atoms with Gasteiger partial charge >= 0.3 is 0 Å². The Morgan fingerprint density at radius 3 is 2.60 bits per heavy atom. The Bertz CT molecular complexity index is 346. The molecule has 1 aliphatic heterocycles. The first-order valence-electron chi connectivity index (χ1n) is 4.85. The largest absolute Gasteiger partial charge is 0.377 e. The number of nitrogens with one attached hydrogen (secondary N) is 1. The molecule has 1 aliphatic rings. The van der Waals surface area contributed by atoms with E-state index in [-0.39, 0.29) is 24.2 Å². The molecule has 15 heavy (non-hydrogen) atoms. The molecule has 1 aromatic rings. The highest BCUT2D eigenvalue weighted by Crippen LogP contribution is 2.05. The Morgan fingerprint density at radius 2 is 2.07 bits per heavy atom. The van der Waals surface area contributed by atoms with Crippen molar-refractivity contribution in [3.63, 3.8) is 0 Å². The van der Waals surface area contributed by atoms with Gasteiger partial charge in [0.2, 0.25) is 5.91 Å². The molecular formula is C11H12FNO2. The topological polar surface area (TPSA) is 38.3 Å². The second-order valence-electron chi connectivity index (χ2n) is 3.61. The molecule has 0 aromatic heterocycles. The highest BCUT2D eigenvalue weighted by atomic mass is 19.1. The summed E-state index contributed by atoms with van der Waals surface area (Å²) in [5, 5.41) is 2.82. The summed E-state index contributed by atoms with van der Waals surface area (Å²) in [6, 6.07) is 6.10. The number of carbonyl (C=O) groups excluding carboxylic acids is 1. The third-order valence-corrected chi connectivity index (χ3v) is 2.28. The lowest BCUT2D eigenvalue weighted by atomic mass is 10.1. The van der Waals surface area contributed by atoms with Crippen LogP contribution in [0, 0.1) is 5.82 Å². The van der Waals surface area contributed by atoms with Gasteiger partial charge in [-0.25, -0.2) is 4.39 Å². The molecule has 0 aliphatic carbocycles. The van der Waals surface area contributed by atoms with Crippen molar-refractivity contribution in [3.05, 3.63) is 35.6 Å². The van der Waals surface area contributed by atoms with Gasteiger partial charge in [-0.05, 0) is 17.7 Å². The quantitative estimate of drug-likeness (QED) is 0.802. The van der Waals surface area contributed by atoms with E-state index in [0.29, 0.717) is 13.2 Å². The first-order valence-corrected chi connectivity index (χ1v) is 4.85. The molecule has 0 spiro atoms. The summed E-state index contributed by atoms with van der Waals surface area (Å²) in [7, 11) is 0. The lowest BCUT2D eigenvalue weighted by Gasteiger charge is -2.26. The normalized spacial score (nSPS) is 15.8. The van der Waals surface area contributed by atoms with Crippen LogP contribution < -0.4 is 5.32 Å². The third kappa shape index (κ3) is 2.76. The van der Waals surface area contributed by atoms with Gasteiger partial charge in [-0.3, -0.25) is 4.79 Å². The second kappa shape index (κ2) is 4.40. The Labute approximate surface area is 87.2 Å². The number of ether oxygens (including phenoxy) is 1. The molecule has 3 nitrogen and oxygen atoms in total. The van der Waals surface area contributed by atoms with E-state index in [1.165, 1.54) is 12.1 Å². The fourth-order valence-corrected chi connectivity index (χ4v) is 1.39. The van der Waals surface area contributed by atoms with E-state index in [2.05, 4.69) is 5.32 Å². The van der Waals surface area contributed by atoms with Crippen LogP contribution in [0.1, 0.15) is 5.56 Å². The van der Waals surface area contributed by atoms with E-state index in [1.54, 1.807) is 12.1 Å². The van der Waals surface area contributed by atoms with Crippen LogP contribution in [-0.2, 0) is 16.0 Å². The van der Waals surface area contributed by atoms with Gasteiger partial charge < -0.3 is 10.1 Å². The van der Waals surface area contributed by atoms with Crippen LogP contribution >= 0.6 is 0 Å². The number of amides is 1. The van der Waals surface area contributed by atoms with Gasteiger partial charge in [-0.1, -0.05) is 12.1 Å². The number of hydrogen-bond acceptors (Lipinski definition) is 2. The van der Waals surface area contributed by atoms with Crippen LogP contribution in [0.5, 0.6) is 0 Å². The predicted molar refractivity (Wildman–Crippen MR) is 52.9 cm³/mol. The second-order valence-corrected chi connectivity index (χ2v) is 3.61. The Balaban J connectivity index is 1.84. The van der Waals surface area contributed by atoms with E-state index in [0.717, 1.165) is 5.56 Å². The lowest BCUT2D eigenvalue weighted by molar-refractivity contribution is -0.124. The van der Waals surface area contributed by atoms with Gasteiger partial charge in [0.1, 0.15) is 5.82 Å². The summed E-state index contributed by atoms with van der Waals surface area (Å²) in [4.78, 5) is 11.4. The van der Waals surface area contributed by atoms with E-state index in [9.17, 15) is 9.18 Å². The zero-order valence-corrected chi connectivity index (χ0v) is 8.20. The van der Waals surface area contributed by atoms with Crippen molar-refractivity contribution < 1.29 is 13.9 Å². The number of halogens is 1. The number of rotatable bonds is 3. The zero-order chi connectivity index (χ0) is 10.7. The molecule has 1 N–H and O–H groups in total. The maximum absolute atomic E-state index is 12.6. The van der Waals surface area contributed by atoms with Gasteiger partial charge in [-0.15, -0.1) is 0 Å². The first-order chi connectivity index (χ1) is 7.24. The van der Waals surface area contributed by atoms with E-state index >= 15 is 0 Å². The minimum atomic E-state index is -0.286. The molecule has 1 saturated heterocycles. The van der Waals surface area contributed by atoms with Crippen molar-refractivity contribution in [2.75, 3.05) is 13.2 Å². The van der Waals surface area contributed by atoms with Crippen LogP contribution in [0.3, 0.4) is 0 Å². The van der Waals surface area contributed by atoms with Gasteiger partial charge in [-0.2, -0.15) is 0 Å². The maximum atomic E-state index is 12.6. The summed E-state index contributed by atoms with van der Waals surface area (Å²) in [6.07, 6.45) is 0.288. The standard InChI is InChI=1S/C11H12FNO2/c12-9-3-1-8(2-4-9)5-11(14)13-10-6-15-7-10/h1-4,10H,5-7H2,(H,13,14). The molecule has 0 bridgehead atoms. The van der Waals surface area contributed by atoms with Gasteiger partial charge in [0, 0.05) is 0 Å². The molecule has 0 atom stereocenters. The molecule has 2 rings (SSSR count). The molecule has 80 valence electrons. The van der Waals surface area contributed by atoms with Gasteiger partial charge in [0.15, 0.2) is 0 Å². The minimum Gasteiger partial charge on any atom is -0.377 e. The smallest absolute Gasteiger partial charge is 0.224 e. The Morgan fingerprint density at radius 1 is 1.40 bits per heavy atom. The van der Waals surface area contributed by atoms with Crippen molar-refractivity contribution in [2.45, 2.75) is 12.5 Å². The highest BCUT2D eigenvalue weighted by molar-refractivity contribution is 5.78. The summed E-state index contributed by atoms with van der Waals surface area (Å²) >= 11 is 0. The number of benzene rings is 1. The molecule has 1 amide bonds. The number of carbonyl (C=O) groups is 1. The van der Waals surface area contributed by atoms with Crippen molar-refractivity contribution in [1.82, 2.24) is 5.32 Å². The Hall–Kier alpha value is -1.42. The zero-order valence-electron chi connectivity index (χ0n) is 8.20. The van der Waals surface area contributed by atoms with Gasteiger partial charge in [0.05, 0.1) is 25.7 Å². The molecular weight excluding hydrogens is 197 g/mol. The molecule has 0 radical (unpaired) electrons. The molecule has 1 fully saturated rings. The SMILES string of the molecule is O=C(Cc1ccc(F)cc1)NC1COC1. The van der Waals surface area contributed by atoms with E-state index < -0.39 is 0 Å². The maximum Gasteiger partial charge on any atom is 0.224 e. The monoisotopic (exact) mass is 209 g/mol. The van der Waals surface area contributed by atoms with E-state index in [4.69, 9.17) is 4.74 Å². The molecule has 1 aromatic carbocycles. The number of hydrogen-bond donors (Lipinski definition) is 1. The average molecular weight is 209 g/mol. The third-order valence-electron chi connectivity index (χ3n) is 2.28. The fourth-order valence-electron chi connectivity index (χ4n) is 1.39. The van der Waals surface area contributed by atoms with Crippen LogP contribution in [0.25, 0.3) is 0 Å². The van der Waals surface area contributed by atoms with Crippen molar-refractivity contribution in [2.24, 2.45) is 0 Å². The molecule has 1 heterocycles. The Kier molecular flexibility index (Phi) is 2.97. The predicted octanol–water partition coefficient (Wildman–Crippen LogP) is 0.883. The lowest BCUT2D eigenvalue weighted by Crippen LogP contribution is -2.49. The first kappa shape index (κ1) is 10.1. The highest BCUT2D eigenvalue weighted by Gasteiger charge is 2.20. The van der Waals surface area contributed by atoms with Crippen LogP contribution in [0.4, 0.5) is 4.39 Å². The van der Waals surface area contributed by atoms with E-state index in [1.807, 2.05) is 0 Å². The van der Waals surface area contributed by atoms with Gasteiger partial charge in [0.25, 0.3) is 0 Å². The van der Waals surface area contributed by atoms with Crippen molar-refractivity contribution >= 4 is 5.91 Å². The average Bonchev–Trinajstić information content (AvgIpc) is 2.16. The summed E-state index contributed by atoms with van der Waals surface area (Å²) < 4.78 is 17.5. The van der Waals surface area contributed by atoms with Crippen LogP contribution in [0.2, 0.25) is 0 Å². The summed E-state index contributed by atoms with van der Waals surface area (Å²) in [6.45, 7) is 1.18. The minimum absolute atomic E-state index is 0.0464. The van der Waals surface area contributed by atoms with Crippen molar-refractivity contribution in [3.8, 4) is 0 Å². The molecule has 0 unspecified atom stereocenters. The molecule has 0 saturated carbocycles. The van der Waals surface area contributed by atoms with Crippen LogP contribution in [0.15, 0.2) is 24.3 Å². The van der Waals surface area contributed by atoms with Crippen molar-refractivity contribution in [1.29, 1.82) is 0 Å².